The van der Waals surface area contributed by atoms with Crippen molar-refractivity contribution in [3.63, 3.8) is 0 Å². The molecule has 1 amide bonds. The van der Waals surface area contributed by atoms with Gasteiger partial charge in [0.1, 0.15) is 0 Å². The largest absolute Gasteiger partial charge is 0.481 e. The van der Waals surface area contributed by atoms with Crippen LogP contribution >= 0.6 is 12.9 Å². The van der Waals surface area contributed by atoms with Gasteiger partial charge in [0.05, 0.1) is 6.42 Å². The number of amides is 1. The van der Waals surface area contributed by atoms with Gasteiger partial charge in [-0.2, -0.15) is 0 Å². The van der Waals surface area contributed by atoms with Gasteiger partial charge >= 0.3 is 5.97 Å². The van der Waals surface area contributed by atoms with E-state index in [4.69, 9.17) is 5.11 Å². The Morgan fingerprint density at radius 2 is 2.09 bits per heavy atom. The standard InChI is InChI=1S/C4H7NO5S/c6-3(5-9-10-11)1-2-4(7)8/h11H,1-2H2,(H,5,6)(H,7,8). The zero-order valence-electron chi connectivity index (χ0n) is 5.44. The first-order chi connectivity index (χ1) is 5.16. The lowest BCUT2D eigenvalue weighted by atomic mass is 10.3. The van der Waals surface area contributed by atoms with E-state index in [2.05, 4.69) is 22.2 Å². The lowest BCUT2D eigenvalue weighted by Crippen LogP contribution is -2.22. The molecule has 0 unspecified atom stereocenters. The Kier molecular flexibility index (Phi) is 5.53. The van der Waals surface area contributed by atoms with Crippen molar-refractivity contribution in [1.82, 2.24) is 5.48 Å². The van der Waals surface area contributed by atoms with E-state index in [9.17, 15) is 9.59 Å². The summed E-state index contributed by atoms with van der Waals surface area (Å²) < 4.78 is 3.73. The molecule has 0 aliphatic carbocycles. The van der Waals surface area contributed by atoms with Crippen LogP contribution in [0.2, 0.25) is 0 Å². The Morgan fingerprint density at radius 1 is 1.45 bits per heavy atom. The van der Waals surface area contributed by atoms with Crippen molar-refractivity contribution in [3.05, 3.63) is 0 Å². The van der Waals surface area contributed by atoms with Crippen molar-refractivity contribution < 1.29 is 24.0 Å². The molecule has 6 nitrogen and oxygen atoms in total. The normalized spacial score (nSPS) is 9.18. The van der Waals surface area contributed by atoms with Crippen molar-refractivity contribution in [2.75, 3.05) is 0 Å². The minimum Gasteiger partial charge on any atom is -0.481 e. The van der Waals surface area contributed by atoms with Gasteiger partial charge in [-0.1, -0.05) is 4.99 Å². The van der Waals surface area contributed by atoms with E-state index in [0.29, 0.717) is 0 Å². The van der Waals surface area contributed by atoms with Crippen LogP contribution in [0.4, 0.5) is 0 Å². The van der Waals surface area contributed by atoms with Crippen LogP contribution in [0.3, 0.4) is 0 Å². The molecule has 0 atom stereocenters. The molecule has 0 saturated heterocycles. The van der Waals surface area contributed by atoms with E-state index in [-0.39, 0.29) is 12.8 Å². The summed E-state index contributed by atoms with van der Waals surface area (Å²) in [7, 11) is 0. The minimum absolute atomic E-state index is 0.160. The number of carboxylic acid groups (broad SMARTS) is 1. The number of carbonyl (C=O) groups is 2. The molecular formula is C4H7NO5S. The second-order valence-electron chi connectivity index (χ2n) is 1.58. The number of thiol groups is 1. The topological polar surface area (TPSA) is 84.9 Å². The van der Waals surface area contributed by atoms with Crippen LogP contribution in [-0.4, -0.2) is 17.0 Å². The molecule has 0 aromatic carbocycles. The molecule has 0 heterocycles. The molecule has 0 aromatic heterocycles. The van der Waals surface area contributed by atoms with Crippen LogP contribution in [0.1, 0.15) is 12.8 Å². The lowest BCUT2D eigenvalue weighted by Gasteiger charge is -1.98. The number of hydrogen-bond acceptors (Lipinski definition) is 5. The summed E-state index contributed by atoms with van der Waals surface area (Å²) in [6.07, 6.45) is -0.408. The van der Waals surface area contributed by atoms with E-state index in [0.717, 1.165) is 0 Å². The minimum atomic E-state index is -1.05. The summed E-state index contributed by atoms with van der Waals surface area (Å²) in [5.74, 6) is -1.63. The average molecular weight is 181 g/mol. The lowest BCUT2D eigenvalue weighted by molar-refractivity contribution is -0.239. The van der Waals surface area contributed by atoms with Gasteiger partial charge in [-0.15, -0.1) is 4.33 Å². The molecule has 0 aromatic rings. The van der Waals surface area contributed by atoms with Gasteiger partial charge in [0, 0.05) is 19.3 Å². The fourth-order valence-electron chi connectivity index (χ4n) is 0.337. The highest BCUT2D eigenvalue weighted by Crippen LogP contribution is 1.88. The van der Waals surface area contributed by atoms with Gasteiger partial charge in [0.15, 0.2) is 0 Å². The maximum atomic E-state index is 10.5. The molecule has 0 aliphatic heterocycles. The maximum absolute atomic E-state index is 10.5. The Morgan fingerprint density at radius 3 is 2.55 bits per heavy atom. The predicted octanol–water partition coefficient (Wildman–Crippen LogP) is -0.325. The Labute approximate surface area is 68.0 Å². The Hall–Kier alpha value is -0.790. The van der Waals surface area contributed by atoms with E-state index in [1.165, 1.54) is 0 Å². The second kappa shape index (κ2) is 5.96. The van der Waals surface area contributed by atoms with Crippen LogP contribution in [0.25, 0.3) is 0 Å². The second-order valence-corrected chi connectivity index (χ2v) is 1.73. The van der Waals surface area contributed by atoms with Gasteiger partial charge in [0.25, 0.3) is 0 Å². The molecule has 7 heteroatoms. The highest BCUT2D eigenvalue weighted by molar-refractivity contribution is 7.74. The third kappa shape index (κ3) is 7.10. The number of rotatable bonds is 5. The molecule has 0 fully saturated rings. The Balaban J connectivity index is 3.30. The molecule has 0 aliphatic rings. The summed E-state index contributed by atoms with van der Waals surface area (Å²) in [4.78, 5) is 24.3. The third-order valence-corrected chi connectivity index (χ3v) is 0.833. The van der Waals surface area contributed by atoms with E-state index < -0.39 is 11.9 Å². The van der Waals surface area contributed by atoms with Crippen LogP contribution in [0, 0.1) is 0 Å². The molecule has 64 valence electrons. The smallest absolute Gasteiger partial charge is 0.303 e. The number of hydroxylamine groups is 1. The number of hydrogen-bond donors (Lipinski definition) is 3. The summed E-state index contributed by atoms with van der Waals surface area (Å²) in [5, 5.41) is 8.12. The van der Waals surface area contributed by atoms with Gasteiger partial charge < -0.3 is 5.11 Å². The molecule has 0 saturated carbocycles. The van der Waals surface area contributed by atoms with Crippen molar-refractivity contribution in [2.24, 2.45) is 0 Å². The molecule has 0 radical (unpaired) electrons. The zero-order valence-corrected chi connectivity index (χ0v) is 6.34. The monoisotopic (exact) mass is 181 g/mol. The highest BCUT2D eigenvalue weighted by atomic mass is 32.1. The van der Waals surface area contributed by atoms with Gasteiger partial charge in [-0.25, -0.2) is 5.48 Å². The van der Waals surface area contributed by atoms with Crippen LogP contribution in [0.15, 0.2) is 0 Å². The Bertz CT molecular complexity index is 149. The van der Waals surface area contributed by atoms with Crippen molar-refractivity contribution >= 4 is 24.8 Å². The first-order valence-electron chi connectivity index (χ1n) is 2.64. The van der Waals surface area contributed by atoms with E-state index >= 15 is 0 Å². The van der Waals surface area contributed by atoms with Crippen LogP contribution in [0.5, 0.6) is 0 Å². The predicted molar refractivity (Wildman–Crippen MR) is 36.2 cm³/mol. The molecular weight excluding hydrogens is 174 g/mol. The number of nitrogens with one attached hydrogen (secondary N) is 1. The van der Waals surface area contributed by atoms with Crippen molar-refractivity contribution in [3.8, 4) is 0 Å². The zero-order chi connectivity index (χ0) is 8.69. The van der Waals surface area contributed by atoms with Crippen molar-refractivity contribution in [1.29, 1.82) is 0 Å². The molecule has 0 bridgehead atoms. The summed E-state index contributed by atoms with van der Waals surface area (Å²) >= 11 is 3.15. The number of carbonyl (C=O) groups excluding carboxylic acids is 1. The van der Waals surface area contributed by atoms with Crippen LogP contribution in [-0.2, 0) is 18.9 Å². The molecule has 2 N–H and O–H groups in total. The van der Waals surface area contributed by atoms with Gasteiger partial charge in [-0.05, 0) is 0 Å². The maximum Gasteiger partial charge on any atom is 0.303 e. The van der Waals surface area contributed by atoms with E-state index in [1.54, 1.807) is 5.48 Å². The van der Waals surface area contributed by atoms with Gasteiger partial charge in [-0.3, -0.25) is 9.59 Å². The highest BCUT2D eigenvalue weighted by Gasteiger charge is 2.04. The quantitative estimate of drug-likeness (QED) is 0.234. The van der Waals surface area contributed by atoms with Crippen LogP contribution < -0.4 is 5.48 Å². The first kappa shape index (κ1) is 10.2. The van der Waals surface area contributed by atoms with Gasteiger partial charge in [0.2, 0.25) is 5.91 Å². The molecule has 0 rings (SSSR count). The summed E-state index contributed by atoms with van der Waals surface area (Å²) in [5.41, 5.74) is 1.79. The van der Waals surface area contributed by atoms with Crippen molar-refractivity contribution in [2.45, 2.75) is 12.8 Å². The molecule has 11 heavy (non-hydrogen) atoms. The van der Waals surface area contributed by atoms with E-state index in [1.807, 2.05) is 0 Å². The average Bonchev–Trinajstić information content (AvgIpc) is 1.97. The number of aliphatic carboxylic acids is 1. The summed E-state index contributed by atoms with van der Waals surface area (Å²) in [6.45, 7) is 0. The fraction of sp³-hybridized carbons (Fsp3) is 0.500. The number of carboxylic acids is 1. The third-order valence-electron chi connectivity index (χ3n) is 0.759. The summed E-state index contributed by atoms with van der Waals surface area (Å²) in [6, 6.07) is 0. The SMILES string of the molecule is O=C(O)CCC(=O)NOOS. The molecule has 0 spiro atoms. The fourth-order valence-corrected chi connectivity index (χ4v) is 0.374. The first-order valence-corrected chi connectivity index (χ1v) is 3.01.